The number of aliphatic hydroxyl groups is 4. The number of unbranched alkanes of at least 4 members (excludes halogenated alkanes) is 2. The molecular weight excluding hydrogens is 717 g/mol. The Morgan fingerprint density at radius 3 is 2.51 bits per heavy atom. The summed E-state index contributed by atoms with van der Waals surface area (Å²) in [6, 6.07) is 0. The second kappa shape index (κ2) is 16.3. The highest BCUT2D eigenvalue weighted by molar-refractivity contribution is 5.95. The highest BCUT2D eigenvalue weighted by Crippen LogP contribution is 2.72. The lowest BCUT2D eigenvalue weighted by atomic mass is 9.42. The third-order valence-electron chi connectivity index (χ3n) is 18.3. The molecule has 0 aromatic carbocycles. The second-order valence-corrected chi connectivity index (χ2v) is 21.4. The molecule has 8 rings (SSSR count). The number of ketones is 1. The Hall–Kier alpha value is -1.17. The van der Waals surface area contributed by atoms with Gasteiger partial charge in [0.1, 0.15) is 6.10 Å². The van der Waals surface area contributed by atoms with Gasteiger partial charge in [0.2, 0.25) is 0 Å². The van der Waals surface area contributed by atoms with Crippen molar-refractivity contribution in [3.63, 3.8) is 0 Å². The molecule has 2 unspecified atom stereocenters. The lowest BCUT2D eigenvalue weighted by Gasteiger charge is -2.63. The third-order valence-corrected chi connectivity index (χ3v) is 18.3. The predicted octanol–water partition coefficient (Wildman–Crippen LogP) is 6.59. The summed E-state index contributed by atoms with van der Waals surface area (Å²) in [5.41, 5.74) is 3.14. The van der Waals surface area contributed by atoms with E-state index in [1.807, 2.05) is 6.92 Å². The van der Waals surface area contributed by atoms with E-state index < -0.39 is 46.3 Å². The Labute approximate surface area is 343 Å². The molecule has 9 heteroatoms. The first kappa shape index (κ1) is 42.5. The molecule has 57 heavy (non-hydrogen) atoms. The van der Waals surface area contributed by atoms with Crippen LogP contribution < -0.4 is 11.1 Å². The third kappa shape index (κ3) is 7.10. The Balaban J connectivity index is 1.15. The molecule has 8 aliphatic rings. The van der Waals surface area contributed by atoms with E-state index in [-0.39, 0.29) is 60.2 Å². The average molecular weight is 795 g/mol. The predicted molar refractivity (Wildman–Crippen MR) is 222 cm³/mol. The van der Waals surface area contributed by atoms with Crippen LogP contribution in [0.25, 0.3) is 0 Å². The molecule has 0 radical (unpaired) electrons. The number of allylic oxidation sites excluding steroid dienone is 3. The standard InChI is InChI=1S/C48H78N2O7/c1-6-8-9-21-56-44(43-28(3)33-16-11-29(10-7-2)12-17-39(33)57-43)46(5,54)40-19-20-48(55)35-23-36(51)34-22-37(52)38(53)26-47(34)25-30(32-15-18-41(49)50-27-32)13-14-31(42(35)47)24-45(40,48)4/h13-14,23,28-34,37-44,50,52-55H,6-12,15-22,24-27,49H2,1-5H3/t28-,29+,30-,31-,32?,33+,34-,37+,38-,39+,40+,41?,42-,43-,44+,45+,46+,47-,48-/m0/s1. The number of hydrogen-bond donors (Lipinski definition) is 6. The van der Waals surface area contributed by atoms with Crippen LogP contribution in [-0.2, 0) is 14.3 Å². The van der Waals surface area contributed by atoms with Crippen molar-refractivity contribution in [2.45, 2.75) is 192 Å². The van der Waals surface area contributed by atoms with Gasteiger partial charge in [0.05, 0.1) is 41.8 Å². The van der Waals surface area contributed by atoms with Gasteiger partial charge in [0, 0.05) is 17.9 Å². The second-order valence-electron chi connectivity index (χ2n) is 21.4. The minimum Gasteiger partial charge on any atom is -0.390 e. The van der Waals surface area contributed by atoms with E-state index in [4.69, 9.17) is 15.2 Å². The molecule has 4 saturated carbocycles. The van der Waals surface area contributed by atoms with Crippen LogP contribution >= 0.6 is 0 Å². The zero-order valence-electron chi connectivity index (χ0n) is 35.9. The molecule has 2 saturated heterocycles. The van der Waals surface area contributed by atoms with Crippen molar-refractivity contribution in [2.24, 2.45) is 69.8 Å². The van der Waals surface area contributed by atoms with Crippen LogP contribution in [0.5, 0.6) is 0 Å². The quantitative estimate of drug-likeness (QED) is 0.100. The van der Waals surface area contributed by atoms with E-state index in [2.05, 4.69) is 45.2 Å². The van der Waals surface area contributed by atoms with Gasteiger partial charge in [-0.05, 0) is 155 Å². The summed E-state index contributed by atoms with van der Waals surface area (Å²) in [7, 11) is 0. The van der Waals surface area contributed by atoms with Gasteiger partial charge in [0.25, 0.3) is 0 Å². The SMILES string of the molecule is CCCCCO[C@H]([C@H]1O[C@@H]2CC[C@H](CCC)CC[C@@H]2[C@@H]1C)[C@](C)(O)[C@@H]1CC[C@]2(O)C3=CC(=O)[C@@H]4C[C@@H](O)[C@@H](O)C[C@@]45C[C@@H](C4CCC(N)NC4)C=C[C@@H](C[C@]12C)[C@@H]35. The van der Waals surface area contributed by atoms with Crippen LogP contribution in [0.3, 0.4) is 0 Å². The first-order valence-corrected chi connectivity index (χ1v) is 23.7. The van der Waals surface area contributed by atoms with Crippen LogP contribution in [0.15, 0.2) is 23.8 Å². The van der Waals surface area contributed by atoms with Gasteiger partial charge in [-0.1, -0.05) is 72.0 Å². The van der Waals surface area contributed by atoms with E-state index in [1.165, 1.54) is 25.7 Å². The molecule has 2 aliphatic heterocycles. The largest absolute Gasteiger partial charge is 0.390 e. The minimum absolute atomic E-state index is 0.00744. The summed E-state index contributed by atoms with van der Waals surface area (Å²) in [5, 5.41) is 52.8. The van der Waals surface area contributed by atoms with Crippen molar-refractivity contribution in [3.8, 4) is 0 Å². The summed E-state index contributed by atoms with van der Waals surface area (Å²) in [4.78, 5) is 14.6. The van der Waals surface area contributed by atoms with Crippen molar-refractivity contribution in [1.82, 2.24) is 5.32 Å². The van der Waals surface area contributed by atoms with Gasteiger partial charge in [-0.15, -0.1) is 0 Å². The van der Waals surface area contributed by atoms with E-state index in [9.17, 15) is 25.2 Å². The number of piperidine rings is 1. The van der Waals surface area contributed by atoms with Gasteiger partial charge >= 0.3 is 0 Å². The number of carbonyl (C=O) groups is 1. The van der Waals surface area contributed by atoms with Crippen molar-refractivity contribution in [1.29, 1.82) is 0 Å². The molecule has 6 aliphatic carbocycles. The number of hydrogen-bond acceptors (Lipinski definition) is 9. The summed E-state index contributed by atoms with van der Waals surface area (Å²) >= 11 is 0. The van der Waals surface area contributed by atoms with Gasteiger partial charge in [-0.2, -0.15) is 0 Å². The first-order valence-electron chi connectivity index (χ1n) is 23.7. The molecule has 7 N–H and O–H groups in total. The summed E-state index contributed by atoms with van der Waals surface area (Å²) in [6.07, 6.45) is 19.3. The maximum absolute atomic E-state index is 14.6. The molecule has 6 fully saturated rings. The van der Waals surface area contributed by atoms with Gasteiger partial charge in [0.15, 0.2) is 5.78 Å². The molecule has 2 heterocycles. The number of nitrogens with two attached hydrogens (primary N) is 1. The van der Waals surface area contributed by atoms with Crippen molar-refractivity contribution in [2.75, 3.05) is 13.2 Å². The molecule has 0 amide bonds. The van der Waals surface area contributed by atoms with Gasteiger partial charge < -0.3 is 41.0 Å². The van der Waals surface area contributed by atoms with Gasteiger partial charge in [-0.3, -0.25) is 4.79 Å². The Kier molecular flexibility index (Phi) is 12.1. The molecule has 19 atom stereocenters. The molecular formula is C48H78N2O7. The molecule has 0 aromatic rings. The number of nitrogens with one attached hydrogen (secondary N) is 1. The highest BCUT2D eigenvalue weighted by Gasteiger charge is 2.72. The number of aliphatic hydroxyl groups excluding tert-OH is 2. The van der Waals surface area contributed by atoms with E-state index in [0.29, 0.717) is 44.1 Å². The van der Waals surface area contributed by atoms with E-state index >= 15 is 0 Å². The zero-order valence-corrected chi connectivity index (χ0v) is 35.9. The smallest absolute Gasteiger partial charge is 0.159 e. The Bertz CT molecular complexity index is 1510. The monoisotopic (exact) mass is 795 g/mol. The zero-order chi connectivity index (χ0) is 40.5. The normalized spacial score (nSPS) is 49.7. The summed E-state index contributed by atoms with van der Waals surface area (Å²) in [6.45, 7) is 12.4. The fourth-order valence-corrected chi connectivity index (χ4v) is 15.3. The van der Waals surface area contributed by atoms with Crippen LogP contribution in [0, 0.1) is 64.1 Å². The lowest BCUT2D eigenvalue weighted by molar-refractivity contribution is -0.216. The Morgan fingerprint density at radius 1 is 1.00 bits per heavy atom. The van der Waals surface area contributed by atoms with Crippen LogP contribution in [0.1, 0.15) is 144 Å². The van der Waals surface area contributed by atoms with Gasteiger partial charge in [-0.25, -0.2) is 0 Å². The van der Waals surface area contributed by atoms with Crippen molar-refractivity contribution < 1.29 is 34.7 Å². The molecule has 0 aromatic heterocycles. The van der Waals surface area contributed by atoms with Crippen molar-refractivity contribution in [3.05, 3.63) is 23.8 Å². The maximum Gasteiger partial charge on any atom is 0.159 e. The fourth-order valence-electron chi connectivity index (χ4n) is 15.3. The number of fused-ring (bicyclic) bond motifs is 3. The number of ether oxygens (including phenoxy) is 2. The van der Waals surface area contributed by atoms with Crippen LogP contribution in [-0.4, -0.2) is 87.2 Å². The molecule has 1 spiro atoms. The van der Waals surface area contributed by atoms with Crippen LogP contribution in [0.4, 0.5) is 0 Å². The number of rotatable bonds is 11. The molecule has 9 nitrogen and oxygen atoms in total. The molecule has 0 bridgehead atoms. The minimum atomic E-state index is -1.31. The number of carbonyl (C=O) groups excluding carboxylic acids is 1. The topological polar surface area (TPSA) is 155 Å². The van der Waals surface area contributed by atoms with Crippen LogP contribution in [0.2, 0.25) is 0 Å². The van der Waals surface area contributed by atoms with E-state index in [1.54, 1.807) is 6.08 Å². The maximum atomic E-state index is 14.6. The lowest BCUT2D eigenvalue weighted by Crippen LogP contribution is -2.66. The Morgan fingerprint density at radius 2 is 1.77 bits per heavy atom. The summed E-state index contributed by atoms with van der Waals surface area (Å²) < 4.78 is 14.0. The fraction of sp³-hybridized carbons (Fsp3) is 0.896. The van der Waals surface area contributed by atoms with Crippen molar-refractivity contribution >= 4 is 5.78 Å². The highest BCUT2D eigenvalue weighted by atomic mass is 16.6. The average Bonchev–Trinajstić information content (AvgIpc) is 3.46. The first-order chi connectivity index (χ1) is 27.2. The molecule has 322 valence electrons. The van der Waals surface area contributed by atoms with E-state index in [0.717, 1.165) is 69.4 Å². The summed E-state index contributed by atoms with van der Waals surface area (Å²) in [5.74, 6) is 1.14.